The molecule has 1 saturated carbocycles. The van der Waals surface area contributed by atoms with Crippen molar-refractivity contribution in [3.8, 4) is 0 Å². The van der Waals surface area contributed by atoms with Gasteiger partial charge in [-0.3, -0.25) is 0 Å². The van der Waals surface area contributed by atoms with Gasteiger partial charge in [-0.1, -0.05) is 37.9 Å². The lowest BCUT2D eigenvalue weighted by atomic mass is 9.77. The molecule has 3 heteroatoms. The number of halogens is 2. The summed E-state index contributed by atoms with van der Waals surface area (Å²) in [5.41, 5.74) is 1.10. The van der Waals surface area contributed by atoms with Gasteiger partial charge < -0.3 is 5.11 Å². The first kappa shape index (κ1) is 13.8. The molecular weight excluding hydrogens is 251 g/mol. The van der Waals surface area contributed by atoms with Crippen molar-refractivity contribution < 1.29 is 9.50 Å². The van der Waals surface area contributed by atoms with E-state index in [0.29, 0.717) is 12.3 Å². The van der Waals surface area contributed by atoms with E-state index in [-0.39, 0.29) is 16.5 Å². The van der Waals surface area contributed by atoms with E-state index in [1.807, 2.05) is 0 Å². The van der Waals surface area contributed by atoms with Gasteiger partial charge in [0.15, 0.2) is 0 Å². The average molecular weight is 271 g/mol. The molecule has 18 heavy (non-hydrogen) atoms. The Morgan fingerprint density at radius 3 is 2.78 bits per heavy atom. The molecule has 0 aliphatic heterocycles. The zero-order valence-electron chi connectivity index (χ0n) is 10.9. The molecule has 0 bridgehead atoms. The highest BCUT2D eigenvalue weighted by molar-refractivity contribution is 6.30. The molecule has 1 aromatic rings. The molecule has 1 aromatic carbocycles. The van der Waals surface area contributed by atoms with Gasteiger partial charge in [-0.25, -0.2) is 4.39 Å². The summed E-state index contributed by atoms with van der Waals surface area (Å²) < 4.78 is 13.1. The molecule has 2 rings (SSSR count). The lowest BCUT2D eigenvalue weighted by Gasteiger charge is -2.31. The predicted molar refractivity (Wildman–Crippen MR) is 72.2 cm³/mol. The molecule has 0 aromatic heterocycles. The van der Waals surface area contributed by atoms with E-state index >= 15 is 0 Å². The molecule has 1 N–H and O–H groups in total. The van der Waals surface area contributed by atoms with Gasteiger partial charge in [-0.15, -0.1) is 0 Å². The Morgan fingerprint density at radius 2 is 2.22 bits per heavy atom. The van der Waals surface area contributed by atoms with E-state index in [4.69, 9.17) is 11.6 Å². The van der Waals surface area contributed by atoms with Crippen LogP contribution in [0.5, 0.6) is 0 Å². The SMILES string of the molecule is CC1(C)CCCC1C(O)Cc1ccc(F)c(Cl)c1. The summed E-state index contributed by atoms with van der Waals surface area (Å²) >= 11 is 5.76. The maximum atomic E-state index is 13.1. The Balaban J connectivity index is 2.07. The van der Waals surface area contributed by atoms with Gasteiger partial charge in [-0.2, -0.15) is 0 Å². The van der Waals surface area contributed by atoms with Gasteiger partial charge in [0, 0.05) is 0 Å². The van der Waals surface area contributed by atoms with E-state index in [2.05, 4.69) is 13.8 Å². The van der Waals surface area contributed by atoms with Gasteiger partial charge in [0.25, 0.3) is 0 Å². The van der Waals surface area contributed by atoms with Gasteiger partial charge in [0.1, 0.15) is 5.82 Å². The summed E-state index contributed by atoms with van der Waals surface area (Å²) in [6.45, 7) is 4.43. The predicted octanol–water partition coefficient (Wildman–Crippen LogP) is 4.21. The monoisotopic (exact) mass is 270 g/mol. The Labute approximate surface area is 113 Å². The molecule has 1 fully saturated rings. The largest absolute Gasteiger partial charge is 0.392 e. The van der Waals surface area contributed by atoms with Crippen LogP contribution in [0.25, 0.3) is 0 Å². The lowest BCUT2D eigenvalue weighted by Crippen LogP contribution is -2.31. The Morgan fingerprint density at radius 1 is 1.50 bits per heavy atom. The third-order valence-corrected chi connectivity index (χ3v) is 4.52. The summed E-state index contributed by atoms with van der Waals surface area (Å²) in [6.07, 6.45) is 3.60. The fourth-order valence-electron chi connectivity index (χ4n) is 3.12. The second-order valence-corrected chi connectivity index (χ2v) is 6.41. The molecule has 100 valence electrons. The minimum absolute atomic E-state index is 0.130. The van der Waals surface area contributed by atoms with Crippen molar-refractivity contribution in [1.29, 1.82) is 0 Å². The highest BCUT2D eigenvalue weighted by Gasteiger charge is 2.38. The molecule has 0 spiro atoms. The maximum absolute atomic E-state index is 13.1. The second kappa shape index (κ2) is 5.18. The molecule has 2 unspecified atom stereocenters. The van der Waals surface area contributed by atoms with Crippen LogP contribution in [-0.4, -0.2) is 11.2 Å². The van der Waals surface area contributed by atoms with Crippen molar-refractivity contribution in [2.75, 3.05) is 0 Å². The van der Waals surface area contributed by atoms with Gasteiger partial charge in [-0.05, 0) is 48.3 Å². The average Bonchev–Trinajstić information content (AvgIpc) is 2.63. The molecular formula is C15H20ClFO. The van der Waals surface area contributed by atoms with Crippen molar-refractivity contribution >= 4 is 11.6 Å². The summed E-state index contributed by atoms with van der Waals surface area (Å²) in [7, 11) is 0. The fourth-order valence-corrected chi connectivity index (χ4v) is 3.32. The van der Waals surface area contributed by atoms with Gasteiger partial charge in [0.05, 0.1) is 11.1 Å². The summed E-state index contributed by atoms with van der Waals surface area (Å²) in [5, 5.41) is 10.5. The standard InChI is InChI=1S/C15H20ClFO/c1-15(2)7-3-4-11(15)14(18)9-10-5-6-13(17)12(16)8-10/h5-6,8,11,14,18H,3-4,7,9H2,1-2H3. The van der Waals surface area contributed by atoms with Crippen molar-refractivity contribution in [2.45, 2.75) is 45.6 Å². The molecule has 1 aliphatic rings. The highest BCUT2D eigenvalue weighted by atomic mass is 35.5. The van der Waals surface area contributed by atoms with Crippen molar-refractivity contribution in [3.05, 3.63) is 34.6 Å². The van der Waals surface area contributed by atoms with E-state index < -0.39 is 5.82 Å². The van der Waals surface area contributed by atoms with Gasteiger partial charge in [0.2, 0.25) is 0 Å². The minimum atomic E-state index is -0.406. The summed E-state index contributed by atoms with van der Waals surface area (Å²) in [6, 6.07) is 4.68. The normalized spacial score (nSPS) is 24.2. The quantitative estimate of drug-likeness (QED) is 0.872. The first-order chi connectivity index (χ1) is 8.40. The molecule has 0 heterocycles. The number of aliphatic hydroxyl groups excluding tert-OH is 1. The van der Waals surface area contributed by atoms with E-state index in [9.17, 15) is 9.50 Å². The molecule has 0 saturated heterocycles. The van der Waals surface area contributed by atoms with Crippen LogP contribution >= 0.6 is 11.6 Å². The van der Waals surface area contributed by atoms with Crippen LogP contribution in [0.3, 0.4) is 0 Å². The number of rotatable bonds is 3. The van der Waals surface area contributed by atoms with Crippen molar-refractivity contribution in [1.82, 2.24) is 0 Å². The lowest BCUT2D eigenvalue weighted by molar-refractivity contribution is 0.0543. The Hall–Kier alpha value is -0.600. The minimum Gasteiger partial charge on any atom is -0.392 e. The third-order valence-electron chi connectivity index (χ3n) is 4.23. The van der Waals surface area contributed by atoms with Crippen LogP contribution < -0.4 is 0 Å². The molecule has 2 atom stereocenters. The first-order valence-electron chi connectivity index (χ1n) is 6.52. The van der Waals surface area contributed by atoms with Crippen molar-refractivity contribution in [2.24, 2.45) is 11.3 Å². The molecule has 0 radical (unpaired) electrons. The zero-order valence-corrected chi connectivity index (χ0v) is 11.7. The third kappa shape index (κ3) is 2.86. The van der Waals surface area contributed by atoms with Crippen LogP contribution in [0, 0.1) is 17.2 Å². The summed E-state index contributed by atoms with van der Waals surface area (Å²) in [4.78, 5) is 0. The summed E-state index contributed by atoms with van der Waals surface area (Å²) in [5.74, 6) is -0.0857. The Kier molecular flexibility index (Phi) is 3.98. The Bertz CT molecular complexity index is 431. The number of hydrogen-bond acceptors (Lipinski definition) is 1. The van der Waals surface area contributed by atoms with Crippen LogP contribution in [0.1, 0.15) is 38.7 Å². The molecule has 1 aliphatic carbocycles. The molecule has 0 amide bonds. The van der Waals surface area contributed by atoms with Crippen LogP contribution in [0.4, 0.5) is 4.39 Å². The van der Waals surface area contributed by atoms with Crippen molar-refractivity contribution in [3.63, 3.8) is 0 Å². The number of hydrogen-bond donors (Lipinski definition) is 1. The maximum Gasteiger partial charge on any atom is 0.141 e. The number of aliphatic hydroxyl groups is 1. The second-order valence-electron chi connectivity index (χ2n) is 6.01. The fraction of sp³-hybridized carbons (Fsp3) is 0.600. The van der Waals surface area contributed by atoms with Gasteiger partial charge >= 0.3 is 0 Å². The van der Waals surface area contributed by atoms with Crippen LogP contribution in [0.2, 0.25) is 5.02 Å². The highest BCUT2D eigenvalue weighted by Crippen LogP contribution is 2.44. The molecule has 1 nitrogen and oxygen atoms in total. The van der Waals surface area contributed by atoms with E-state index in [0.717, 1.165) is 12.0 Å². The van der Waals surface area contributed by atoms with E-state index in [1.165, 1.54) is 18.9 Å². The number of benzene rings is 1. The van der Waals surface area contributed by atoms with Crippen LogP contribution in [-0.2, 0) is 6.42 Å². The topological polar surface area (TPSA) is 20.2 Å². The first-order valence-corrected chi connectivity index (χ1v) is 6.90. The van der Waals surface area contributed by atoms with E-state index in [1.54, 1.807) is 12.1 Å². The van der Waals surface area contributed by atoms with Crippen LogP contribution in [0.15, 0.2) is 18.2 Å². The zero-order chi connectivity index (χ0) is 13.3. The smallest absolute Gasteiger partial charge is 0.141 e.